The first-order valence-corrected chi connectivity index (χ1v) is 7.28. The topological polar surface area (TPSA) is 50.7 Å². The molecule has 0 saturated carbocycles. The van der Waals surface area contributed by atoms with Gasteiger partial charge in [0.1, 0.15) is 5.75 Å². The molecule has 0 spiro atoms. The van der Waals surface area contributed by atoms with Crippen LogP contribution in [0.2, 0.25) is 5.02 Å². The van der Waals surface area contributed by atoms with Crippen LogP contribution in [0.1, 0.15) is 29.8 Å². The van der Waals surface area contributed by atoms with Crippen LogP contribution >= 0.6 is 11.6 Å². The summed E-state index contributed by atoms with van der Waals surface area (Å²) in [5.41, 5.74) is 3.80. The van der Waals surface area contributed by atoms with E-state index in [0.717, 1.165) is 5.56 Å². The van der Waals surface area contributed by atoms with Gasteiger partial charge in [-0.2, -0.15) is 5.10 Å². The van der Waals surface area contributed by atoms with Crippen molar-refractivity contribution >= 4 is 23.7 Å². The fourth-order valence-corrected chi connectivity index (χ4v) is 2.00. The number of nitrogens with zero attached hydrogens (tertiary/aromatic N) is 1. The van der Waals surface area contributed by atoms with E-state index >= 15 is 0 Å². The number of ether oxygens (including phenoxy) is 1. The summed E-state index contributed by atoms with van der Waals surface area (Å²) in [4.78, 5) is 11.8. The third kappa shape index (κ3) is 4.60. The highest BCUT2D eigenvalue weighted by Crippen LogP contribution is 2.25. The first-order valence-electron chi connectivity index (χ1n) is 6.91. The third-order valence-corrected chi connectivity index (χ3v) is 3.03. The van der Waals surface area contributed by atoms with Crippen molar-refractivity contribution in [3.05, 3.63) is 64.7 Å². The van der Waals surface area contributed by atoms with Gasteiger partial charge in [0.15, 0.2) is 0 Å². The van der Waals surface area contributed by atoms with Gasteiger partial charge in [0, 0.05) is 5.56 Å². The number of carbonyl (C=O) groups is 1. The minimum Gasteiger partial charge on any atom is -0.489 e. The summed E-state index contributed by atoms with van der Waals surface area (Å²) in [7, 11) is 0. The lowest BCUT2D eigenvalue weighted by molar-refractivity contribution is 0.0955. The Morgan fingerprint density at radius 3 is 2.59 bits per heavy atom. The quantitative estimate of drug-likeness (QED) is 0.672. The molecule has 0 aromatic heterocycles. The largest absolute Gasteiger partial charge is 0.489 e. The predicted octanol–water partition coefficient (Wildman–Crippen LogP) is 3.89. The lowest BCUT2D eigenvalue weighted by atomic mass is 10.2. The zero-order valence-electron chi connectivity index (χ0n) is 12.4. The van der Waals surface area contributed by atoms with Crippen molar-refractivity contribution in [3.8, 4) is 5.75 Å². The average molecular weight is 317 g/mol. The van der Waals surface area contributed by atoms with Crippen LogP contribution in [0.3, 0.4) is 0 Å². The summed E-state index contributed by atoms with van der Waals surface area (Å²) < 4.78 is 5.55. The monoisotopic (exact) mass is 316 g/mol. The second-order valence-electron chi connectivity index (χ2n) is 4.92. The van der Waals surface area contributed by atoms with Crippen molar-refractivity contribution in [2.24, 2.45) is 5.10 Å². The van der Waals surface area contributed by atoms with Crippen LogP contribution in [0.5, 0.6) is 5.75 Å². The van der Waals surface area contributed by atoms with Gasteiger partial charge in [0.25, 0.3) is 5.91 Å². The smallest absolute Gasteiger partial charge is 0.271 e. The molecule has 0 heterocycles. The van der Waals surface area contributed by atoms with Crippen LogP contribution in [-0.4, -0.2) is 18.2 Å². The fourth-order valence-electron chi connectivity index (χ4n) is 1.77. The molecule has 0 aliphatic heterocycles. The maximum Gasteiger partial charge on any atom is 0.271 e. The predicted molar refractivity (Wildman–Crippen MR) is 88.7 cm³/mol. The number of rotatable bonds is 5. The van der Waals surface area contributed by atoms with Gasteiger partial charge in [-0.1, -0.05) is 29.8 Å². The number of halogens is 1. The lowest BCUT2D eigenvalue weighted by Crippen LogP contribution is -2.17. The molecule has 2 rings (SSSR count). The number of hydrazone groups is 1. The highest BCUT2D eigenvalue weighted by Gasteiger charge is 2.05. The van der Waals surface area contributed by atoms with Gasteiger partial charge >= 0.3 is 0 Å². The minimum absolute atomic E-state index is 0.0576. The molecule has 1 amide bonds. The molecule has 1 N–H and O–H groups in total. The molecule has 5 heteroatoms. The van der Waals surface area contributed by atoms with Crippen molar-refractivity contribution in [1.29, 1.82) is 0 Å². The summed E-state index contributed by atoms with van der Waals surface area (Å²) in [5, 5.41) is 4.43. The van der Waals surface area contributed by atoms with Gasteiger partial charge in [-0.25, -0.2) is 5.43 Å². The highest BCUT2D eigenvalue weighted by molar-refractivity contribution is 6.32. The molecule has 22 heavy (non-hydrogen) atoms. The van der Waals surface area contributed by atoms with E-state index < -0.39 is 0 Å². The first-order chi connectivity index (χ1) is 10.6. The molecule has 0 aliphatic rings. The molecular weight excluding hydrogens is 300 g/mol. The minimum atomic E-state index is -0.261. The maximum absolute atomic E-state index is 11.8. The highest BCUT2D eigenvalue weighted by atomic mass is 35.5. The molecular formula is C17H17ClN2O2. The zero-order valence-corrected chi connectivity index (χ0v) is 13.2. The number of nitrogens with one attached hydrogen (secondary N) is 1. The Labute approximate surface area is 134 Å². The summed E-state index contributed by atoms with van der Waals surface area (Å²) >= 11 is 6.14. The molecule has 2 aromatic carbocycles. The van der Waals surface area contributed by atoms with Crippen molar-refractivity contribution in [3.63, 3.8) is 0 Å². The first kappa shape index (κ1) is 16.0. The molecule has 2 aromatic rings. The van der Waals surface area contributed by atoms with E-state index in [2.05, 4.69) is 10.5 Å². The summed E-state index contributed by atoms with van der Waals surface area (Å²) in [5.74, 6) is 0.366. The zero-order chi connectivity index (χ0) is 15.9. The maximum atomic E-state index is 11.8. The van der Waals surface area contributed by atoms with E-state index in [9.17, 15) is 4.79 Å². The van der Waals surface area contributed by atoms with E-state index in [4.69, 9.17) is 16.3 Å². The molecule has 114 valence electrons. The Hall–Kier alpha value is -2.33. The van der Waals surface area contributed by atoms with E-state index in [1.54, 1.807) is 36.4 Å². The van der Waals surface area contributed by atoms with E-state index in [0.29, 0.717) is 16.3 Å². The Bertz CT molecular complexity index is 670. The molecule has 4 nitrogen and oxygen atoms in total. The third-order valence-electron chi connectivity index (χ3n) is 2.73. The van der Waals surface area contributed by atoms with Gasteiger partial charge in [0.2, 0.25) is 0 Å². The molecule has 0 bridgehead atoms. The molecule has 0 unspecified atom stereocenters. The van der Waals surface area contributed by atoms with Crippen molar-refractivity contribution < 1.29 is 9.53 Å². The van der Waals surface area contributed by atoms with Gasteiger partial charge in [-0.15, -0.1) is 0 Å². The Balaban J connectivity index is 1.99. The van der Waals surface area contributed by atoms with Crippen LogP contribution in [0.4, 0.5) is 0 Å². The van der Waals surface area contributed by atoms with Gasteiger partial charge in [0.05, 0.1) is 17.3 Å². The van der Waals surface area contributed by atoms with Crippen molar-refractivity contribution in [2.75, 3.05) is 0 Å². The number of hydrogen-bond acceptors (Lipinski definition) is 3. The second-order valence-corrected chi connectivity index (χ2v) is 5.33. The van der Waals surface area contributed by atoms with Gasteiger partial charge in [-0.05, 0) is 49.7 Å². The Morgan fingerprint density at radius 1 is 1.23 bits per heavy atom. The van der Waals surface area contributed by atoms with Crippen LogP contribution in [0.25, 0.3) is 0 Å². The average Bonchev–Trinajstić information content (AvgIpc) is 2.50. The molecule has 0 saturated heterocycles. The number of benzene rings is 2. The molecule has 0 fully saturated rings. The lowest BCUT2D eigenvalue weighted by Gasteiger charge is -2.11. The molecule has 0 atom stereocenters. The van der Waals surface area contributed by atoms with Gasteiger partial charge in [-0.3, -0.25) is 4.79 Å². The summed E-state index contributed by atoms with van der Waals surface area (Å²) in [6.45, 7) is 3.87. The molecule has 0 radical (unpaired) electrons. The van der Waals surface area contributed by atoms with Crippen LogP contribution in [0, 0.1) is 0 Å². The second kappa shape index (κ2) is 7.61. The van der Waals surface area contributed by atoms with Crippen LogP contribution < -0.4 is 10.2 Å². The Morgan fingerprint density at radius 2 is 1.95 bits per heavy atom. The standard InChI is InChI=1S/C17H17ClN2O2/c1-12(2)22-16-9-8-13(10-15(16)18)11-19-20-17(21)14-6-4-3-5-7-14/h3-12H,1-2H3,(H,20,21)/b19-11+. The number of hydrogen-bond donors (Lipinski definition) is 1. The number of amides is 1. The SMILES string of the molecule is CC(C)Oc1ccc(/C=N/NC(=O)c2ccccc2)cc1Cl. The Kier molecular flexibility index (Phi) is 5.55. The summed E-state index contributed by atoms with van der Waals surface area (Å²) in [6.07, 6.45) is 1.59. The van der Waals surface area contributed by atoms with Crippen LogP contribution in [0.15, 0.2) is 53.6 Å². The van der Waals surface area contributed by atoms with E-state index in [-0.39, 0.29) is 12.0 Å². The van der Waals surface area contributed by atoms with Gasteiger partial charge < -0.3 is 4.74 Å². The fraction of sp³-hybridized carbons (Fsp3) is 0.176. The van der Waals surface area contributed by atoms with Crippen molar-refractivity contribution in [2.45, 2.75) is 20.0 Å². The number of carbonyl (C=O) groups excluding carboxylic acids is 1. The van der Waals surface area contributed by atoms with E-state index in [1.807, 2.05) is 26.0 Å². The molecule has 0 aliphatic carbocycles. The normalized spacial score (nSPS) is 10.9. The van der Waals surface area contributed by atoms with Crippen molar-refractivity contribution in [1.82, 2.24) is 5.43 Å². The summed E-state index contributed by atoms with van der Waals surface area (Å²) in [6, 6.07) is 14.2. The van der Waals surface area contributed by atoms with Crippen LogP contribution in [-0.2, 0) is 0 Å². The van der Waals surface area contributed by atoms with E-state index in [1.165, 1.54) is 6.21 Å².